The number of nitrogens with zero attached hydrogens (tertiary/aromatic N) is 1. The van der Waals surface area contributed by atoms with E-state index in [-0.39, 0.29) is 0 Å². The first-order valence-electron chi connectivity index (χ1n) is 6.94. The third-order valence-electron chi connectivity index (χ3n) is 3.16. The molecule has 0 aliphatic carbocycles. The minimum absolute atomic E-state index is 0.537. The molecule has 1 heterocycles. The molecule has 0 aliphatic rings. The number of thiazole rings is 1. The number of aliphatic hydroxyl groups excluding tert-OH is 1. The van der Waals surface area contributed by atoms with E-state index in [1.165, 1.54) is 4.88 Å². The molecule has 0 amide bonds. The summed E-state index contributed by atoms with van der Waals surface area (Å²) in [5.41, 5.74) is 1.93. The topological polar surface area (TPSA) is 42.4 Å². The highest BCUT2D eigenvalue weighted by Gasteiger charge is 2.13. The van der Waals surface area contributed by atoms with E-state index in [9.17, 15) is 5.11 Å². The second kappa shape index (κ2) is 6.86. The van der Waals surface area contributed by atoms with Crippen molar-refractivity contribution in [2.24, 2.45) is 0 Å². The van der Waals surface area contributed by atoms with Crippen LogP contribution in [0.25, 0.3) is 0 Å². The van der Waals surface area contributed by atoms with Crippen molar-refractivity contribution in [1.82, 2.24) is 4.98 Å². The quantitative estimate of drug-likeness (QED) is 0.879. The van der Waals surface area contributed by atoms with Gasteiger partial charge in [0.2, 0.25) is 0 Å². The van der Waals surface area contributed by atoms with Crippen LogP contribution in [0.5, 0.6) is 5.75 Å². The molecule has 1 N–H and O–H groups in total. The zero-order valence-electron chi connectivity index (χ0n) is 12.2. The highest BCUT2D eigenvalue weighted by Crippen LogP contribution is 2.25. The van der Waals surface area contributed by atoms with E-state index in [2.05, 4.69) is 18.8 Å². The lowest BCUT2D eigenvalue weighted by molar-refractivity contribution is 0.177. The summed E-state index contributed by atoms with van der Waals surface area (Å²) in [6.07, 6.45) is 0.992. The fourth-order valence-electron chi connectivity index (χ4n) is 1.94. The summed E-state index contributed by atoms with van der Waals surface area (Å²) in [5, 5.41) is 11.3. The van der Waals surface area contributed by atoms with Crippen molar-refractivity contribution in [1.29, 1.82) is 0 Å². The Morgan fingerprint density at radius 1 is 1.35 bits per heavy atom. The molecule has 1 atom stereocenters. The molecule has 0 saturated carbocycles. The van der Waals surface area contributed by atoms with Gasteiger partial charge in [-0.15, -0.1) is 11.3 Å². The maximum atomic E-state index is 10.3. The summed E-state index contributed by atoms with van der Waals surface area (Å²) >= 11 is 1.65. The van der Waals surface area contributed by atoms with Crippen LogP contribution in [0.15, 0.2) is 24.3 Å². The molecule has 1 aromatic carbocycles. The lowest BCUT2D eigenvalue weighted by atomic mass is 10.1. The van der Waals surface area contributed by atoms with Crippen LogP contribution in [0.4, 0.5) is 0 Å². The van der Waals surface area contributed by atoms with E-state index < -0.39 is 6.10 Å². The van der Waals surface area contributed by atoms with Gasteiger partial charge in [0.1, 0.15) is 5.75 Å². The van der Waals surface area contributed by atoms with E-state index in [1.54, 1.807) is 11.3 Å². The Morgan fingerprint density at radius 3 is 2.80 bits per heavy atom. The van der Waals surface area contributed by atoms with Gasteiger partial charge in [0.05, 0.1) is 23.4 Å². The number of aryl methyl sites for hydroxylation is 2. The molecule has 1 aromatic heterocycles. The number of aliphatic hydroxyl groups is 1. The second-order valence-electron chi connectivity index (χ2n) is 4.89. The third-order valence-corrected chi connectivity index (χ3v) is 4.25. The zero-order chi connectivity index (χ0) is 14.5. The number of hydrogen-bond acceptors (Lipinski definition) is 4. The van der Waals surface area contributed by atoms with Crippen LogP contribution in [0.1, 0.15) is 40.6 Å². The monoisotopic (exact) mass is 291 g/mol. The number of ether oxygens (including phenoxy) is 1. The summed E-state index contributed by atoms with van der Waals surface area (Å²) in [5.74, 6) is 0.815. The molecule has 2 aromatic rings. The minimum Gasteiger partial charge on any atom is -0.494 e. The van der Waals surface area contributed by atoms with Gasteiger partial charge < -0.3 is 9.84 Å². The van der Waals surface area contributed by atoms with Crippen molar-refractivity contribution >= 4 is 11.3 Å². The molecule has 0 fully saturated rings. The fourth-order valence-corrected chi connectivity index (χ4v) is 2.91. The molecule has 0 radical (unpaired) electrons. The lowest BCUT2D eigenvalue weighted by Crippen LogP contribution is -2.02. The highest BCUT2D eigenvalue weighted by molar-refractivity contribution is 7.11. The molecule has 2 rings (SSSR count). The van der Waals surface area contributed by atoms with E-state index in [0.29, 0.717) is 13.0 Å². The van der Waals surface area contributed by atoms with Crippen molar-refractivity contribution < 1.29 is 9.84 Å². The van der Waals surface area contributed by atoms with Crippen molar-refractivity contribution in [2.75, 3.05) is 6.61 Å². The maximum Gasteiger partial charge on any atom is 0.119 e. The number of rotatable bonds is 6. The molecule has 108 valence electrons. The molecule has 0 spiro atoms. The van der Waals surface area contributed by atoms with Crippen LogP contribution in [0, 0.1) is 13.8 Å². The Morgan fingerprint density at radius 2 is 2.15 bits per heavy atom. The Hall–Kier alpha value is -1.39. The Kier molecular flexibility index (Phi) is 5.15. The van der Waals surface area contributed by atoms with Crippen LogP contribution in [-0.2, 0) is 6.42 Å². The molecule has 0 saturated heterocycles. The summed E-state index contributed by atoms with van der Waals surface area (Å²) in [7, 11) is 0. The van der Waals surface area contributed by atoms with Crippen molar-refractivity contribution in [3.8, 4) is 5.75 Å². The van der Waals surface area contributed by atoms with Crippen molar-refractivity contribution in [2.45, 2.75) is 39.7 Å². The van der Waals surface area contributed by atoms with E-state index >= 15 is 0 Å². The second-order valence-corrected chi connectivity index (χ2v) is 6.18. The normalized spacial score (nSPS) is 12.4. The predicted molar refractivity (Wildman–Crippen MR) is 82.5 cm³/mol. The van der Waals surface area contributed by atoms with E-state index in [1.807, 2.05) is 31.2 Å². The van der Waals surface area contributed by atoms with Crippen LogP contribution >= 0.6 is 11.3 Å². The predicted octanol–water partition coefficient (Wildman–Crippen LogP) is 3.82. The first-order chi connectivity index (χ1) is 9.60. The fraction of sp³-hybridized carbons (Fsp3) is 0.438. The van der Waals surface area contributed by atoms with Crippen molar-refractivity contribution in [3.63, 3.8) is 0 Å². The molecule has 20 heavy (non-hydrogen) atoms. The summed E-state index contributed by atoms with van der Waals surface area (Å²) in [4.78, 5) is 5.69. The molecule has 1 unspecified atom stereocenters. The Bertz CT molecular complexity index is 546. The highest BCUT2D eigenvalue weighted by atomic mass is 32.1. The SMILES string of the molecule is CCCOc1cccc(C(O)Cc2nc(C)c(C)s2)c1. The van der Waals surface area contributed by atoms with E-state index in [0.717, 1.165) is 28.4 Å². The third kappa shape index (κ3) is 3.81. The van der Waals surface area contributed by atoms with Gasteiger partial charge in [0.15, 0.2) is 0 Å². The minimum atomic E-state index is -0.537. The molecular formula is C16H21NO2S. The van der Waals surface area contributed by atoms with Crippen molar-refractivity contribution in [3.05, 3.63) is 45.4 Å². The summed E-state index contributed by atoms with van der Waals surface area (Å²) in [6, 6.07) is 7.68. The number of benzene rings is 1. The number of aromatic nitrogens is 1. The summed E-state index contributed by atoms with van der Waals surface area (Å²) < 4.78 is 5.60. The van der Waals surface area contributed by atoms with Gasteiger partial charge in [-0.1, -0.05) is 19.1 Å². The van der Waals surface area contributed by atoms with Gasteiger partial charge in [-0.25, -0.2) is 4.98 Å². The Labute approximate surface area is 124 Å². The van der Waals surface area contributed by atoms with Crippen LogP contribution in [0.3, 0.4) is 0 Å². The van der Waals surface area contributed by atoms with Gasteiger partial charge in [0.25, 0.3) is 0 Å². The molecular weight excluding hydrogens is 270 g/mol. The Balaban J connectivity index is 2.06. The molecule has 4 heteroatoms. The first-order valence-corrected chi connectivity index (χ1v) is 7.75. The van der Waals surface area contributed by atoms with Crippen LogP contribution in [0.2, 0.25) is 0 Å². The average Bonchev–Trinajstić information content (AvgIpc) is 2.75. The molecule has 0 bridgehead atoms. The first kappa shape index (κ1) is 15.0. The zero-order valence-corrected chi connectivity index (χ0v) is 13.0. The largest absolute Gasteiger partial charge is 0.494 e. The summed E-state index contributed by atoms with van der Waals surface area (Å²) in [6.45, 7) is 6.83. The molecule has 0 aliphatic heterocycles. The van der Waals surface area contributed by atoms with Gasteiger partial charge in [-0.3, -0.25) is 0 Å². The maximum absolute atomic E-state index is 10.3. The number of hydrogen-bond donors (Lipinski definition) is 1. The van der Waals surface area contributed by atoms with Gasteiger partial charge in [-0.05, 0) is 38.0 Å². The standard InChI is InChI=1S/C16H21NO2S/c1-4-8-19-14-7-5-6-13(9-14)15(18)10-16-17-11(2)12(3)20-16/h5-7,9,15,18H,4,8,10H2,1-3H3. The van der Waals surface area contributed by atoms with Gasteiger partial charge in [0, 0.05) is 11.3 Å². The van der Waals surface area contributed by atoms with Crippen LogP contribution < -0.4 is 4.74 Å². The smallest absolute Gasteiger partial charge is 0.119 e. The average molecular weight is 291 g/mol. The van der Waals surface area contributed by atoms with E-state index in [4.69, 9.17) is 4.74 Å². The molecule has 3 nitrogen and oxygen atoms in total. The van der Waals surface area contributed by atoms with Gasteiger partial charge in [-0.2, -0.15) is 0 Å². The van der Waals surface area contributed by atoms with Gasteiger partial charge >= 0.3 is 0 Å². The lowest BCUT2D eigenvalue weighted by Gasteiger charge is -2.11. The van der Waals surface area contributed by atoms with Crippen LogP contribution in [-0.4, -0.2) is 16.7 Å².